The lowest BCUT2D eigenvalue weighted by Gasteiger charge is -2.34. The molecule has 1 fully saturated rings. The Bertz CT molecular complexity index is 1190. The number of aromatic nitrogens is 1. The zero-order valence-corrected chi connectivity index (χ0v) is 22.3. The van der Waals surface area contributed by atoms with E-state index in [-0.39, 0.29) is 23.8 Å². The molecule has 0 aliphatic carbocycles. The lowest BCUT2D eigenvalue weighted by atomic mass is 9.93. The smallest absolute Gasteiger partial charge is 0.224 e. The molecule has 186 valence electrons. The van der Waals surface area contributed by atoms with Crippen molar-refractivity contribution in [3.63, 3.8) is 0 Å². The number of fused-ring (bicyclic) bond motifs is 1. The molecule has 0 saturated carbocycles. The molecule has 0 spiro atoms. The van der Waals surface area contributed by atoms with Gasteiger partial charge in [0.1, 0.15) is 0 Å². The predicted octanol–water partition coefficient (Wildman–Crippen LogP) is 4.86. The maximum atomic E-state index is 13.2. The molecular weight excluding hydrogens is 528 g/mol. The SMILES string of the molecule is CC(=O)NCCn1c(C2CCCN(C(=O)CC(N)Cc3ccc(Br)cc3)C2)cc2c(Cl)cccc21. The quantitative estimate of drug-likeness (QED) is 0.414. The minimum atomic E-state index is -0.216. The second-order valence-electron chi connectivity index (χ2n) is 9.35. The first-order valence-electron chi connectivity index (χ1n) is 12.1. The average Bonchev–Trinajstić information content (AvgIpc) is 3.20. The summed E-state index contributed by atoms with van der Waals surface area (Å²) in [4.78, 5) is 26.5. The van der Waals surface area contributed by atoms with Gasteiger partial charge in [0.25, 0.3) is 0 Å². The highest BCUT2D eigenvalue weighted by Gasteiger charge is 2.28. The number of carbonyl (C=O) groups is 2. The molecule has 0 radical (unpaired) electrons. The van der Waals surface area contributed by atoms with E-state index in [1.165, 1.54) is 6.92 Å². The first-order valence-corrected chi connectivity index (χ1v) is 13.3. The number of benzene rings is 2. The molecule has 2 aromatic carbocycles. The van der Waals surface area contributed by atoms with Gasteiger partial charge in [0, 0.05) is 77.6 Å². The molecule has 2 unspecified atom stereocenters. The number of halogens is 2. The topological polar surface area (TPSA) is 80.4 Å². The van der Waals surface area contributed by atoms with Crippen LogP contribution in [0.4, 0.5) is 0 Å². The van der Waals surface area contributed by atoms with E-state index < -0.39 is 0 Å². The van der Waals surface area contributed by atoms with Crippen LogP contribution in [-0.2, 0) is 22.6 Å². The van der Waals surface area contributed by atoms with Gasteiger partial charge in [-0.05, 0) is 55.2 Å². The largest absolute Gasteiger partial charge is 0.355 e. The lowest BCUT2D eigenvalue weighted by molar-refractivity contribution is -0.132. The number of carbonyl (C=O) groups excluding carboxylic acids is 2. The first-order chi connectivity index (χ1) is 16.8. The molecule has 0 bridgehead atoms. The normalized spacial score (nSPS) is 16.9. The molecule has 2 atom stereocenters. The minimum absolute atomic E-state index is 0.0463. The fourth-order valence-electron chi connectivity index (χ4n) is 4.99. The molecule has 3 aromatic rings. The number of piperidine rings is 1. The summed E-state index contributed by atoms with van der Waals surface area (Å²) >= 11 is 9.96. The van der Waals surface area contributed by atoms with Crippen molar-refractivity contribution in [1.82, 2.24) is 14.8 Å². The van der Waals surface area contributed by atoms with E-state index in [1.807, 2.05) is 41.3 Å². The van der Waals surface area contributed by atoms with Crippen LogP contribution in [0.25, 0.3) is 10.9 Å². The van der Waals surface area contributed by atoms with E-state index in [0.717, 1.165) is 46.0 Å². The van der Waals surface area contributed by atoms with Crippen molar-refractivity contribution in [2.24, 2.45) is 5.73 Å². The van der Waals surface area contributed by atoms with Crippen molar-refractivity contribution < 1.29 is 9.59 Å². The monoisotopic (exact) mass is 558 g/mol. The first kappa shape index (κ1) is 25.7. The van der Waals surface area contributed by atoms with E-state index in [0.29, 0.717) is 37.5 Å². The van der Waals surface area contributed by atoms with Crippen LogP contribution in [-0.4, -0.2) is 47.0 Å². The average molecular weight is 560 g/mol. The molecule has 35 heavy (non-hydrogen) atoms. The number of rotatable bonds is 8. The van der Waals surface area contributed by atoms with Gasteiger partial charge in [0.2, 0.25) is 11.8 Å². The summed E-state index contributed by atoms with van der Waals surface area (Å²) in [5.74, 6) is 0.268. The molecule has 1 aliphatic rings. The number of nitrogens with two attached hydrogens (primary N) is 1. The van der Waals surface area contributed by atoms with Crippen molar-refractivity contribution in [1.29, 1.82) is 0 Å². The molecule has 2 heterocycles. The van der Waals surface area contributed by atoms with Gasteiger partial charge in [-0.2, -0.15) is 0 Å². The van der Waals surface area contributed by atoms with Gasteiger partial charge >= 0.3 is 0 Å². The van der Waals surface area contributed by atoms with Gasteiger partial charge in [0.05, 0.1) is 0 Å². The summed E-state index contributed by atoms with van der Waals surface area (Å²) in [5.41, 5.74) is 9.70. The number of nitrogens with one attached hydrogen (secondary N) is 1. The summed E-state index contributed by atoms with van der Waals surface area (Å²) in [6.45, 7) is 4.14. The summed E-state index contributed by atoms with van der Waals surface area (Å²) in [6.07, 6.45) is 2.95. The van der Waals surface area contributed by atoms with Gasteiger partial charge in [-0.15, -0.1) is 0 Å². The molecular formula is C27H32BrClN4O2. The van der Waals surface area contributed by atoms with Gasteiger partial charge in [-0.3, -0.25) is 9.59 Å². The Kier molecular flexibility index (Phi) is 8.52. The van der Waals surface area contributed by atoms with Gasteiger partial charge in [0.15, 0.2) is 0 Å². The van der Waals surface area contributed by atoms with E-state index in [4.69, 9.17) is 17.3 Å². The molecule has 6 nitrogen and oxygen atoms in total. The van der Waals surface area contributed by atoms with Crippen LogP contribution < -0.4 is 11.1 Å². The molecule has 2 amide bonds. The summed E-state index contributed by atoms with van der Waals surface area (Å²) in [6, 6.07) is 15.9. The Morgan fingerprint density at radius 1 is 1.23 bits per heavy atom. The van der Waals surface area contributed by atoms with Crippen molar-refractivity contribution >= 4 is 50.2 Å². The lowest BCUT2D eigenvalue weighted by Crippen LogP contribution is -2.42. The van der Waals surface area contributed by atoms with E-state index in [1.54, 1.807) is 0 Å². The Balaban J connectivity index is 1.47. The second kappa shape index (κ2) is 11.6. The maximum absolute atomic E-state index is 13.2. The molecule has 8 heteroatoms. The molecule has 4 rings (SSSR count). The van der Waals surface area contributed by atoms with E-state index in [2.05, 4.69) is 37.9 Å². The van der Waals surface area contributed by atoms with Crippen LogP contribution in [0.15, 0.2) is 53.0 Å². The fourth-order valence-corrected chi connectivity index (χ4v) is 5.48. The van der Waals surface area contributed by atoms with Crippen LogP contribution >= 0.6 is 27.5 Å². The Labute approximate surface area is 219 Å². The van der Waals surface area contributed by atoms with Gasteiger partial charge in [-0.1, -0.05) is 45.7 Å². The molecule has 1 aromatic heterocycles. The third-order valence-electron chi connectivity index (χ3n) is 6.67. The van der Waals surface area contributed by atoms with Crippen molar-refractivity contribution in [2.75, 3.05) is 19.6 Å². The third-order valence-corrected chi connectivity index (χ3v) is 7.53. The zero-order valence-electron chi connectivity index (χ0n) is 20.0. The van der Waals surface area contributed by atoms with Crippen LogP contribution in [0.5, 0.6) is 0 Å². The van der Waals surface area contributed by atoms with Gasteiger partial charge in [-0.25, -0.2) is 0 Å². The summed E-state index contributed by atoms with van der Waals surface area (Å²) in [7, 11) is 0. The second-order valence-corrected chi connectivity index (χ2v) is 10.7. The number of likely N-dealkylation sites (tertiary alicyclic amines) is 1. The Morgan fingerprint density at radius 3 is 2.74 bits per heavy atom. The minimum Gasteiger partial charge on any atom is -0.355 e. The molecule has 3 N–H and O–H groups in total. The number of hydrogen-bond donors (Lipinski definition) is 2. The highest BCUT2D eigenvalue weighted by molar-refractivity contribution is 9.10. The van der Waals surface area contributed by atoms with Gasteiger partial charge < -0.3 is 20.5 Å². The van der Waals surface area contributed by atoms with E-state index >= 15 is 0 Å². The summed E-state index contributed by atoms with van der Waals surface area (Å²) < 4.78 is 3.27. The number of amides is 2. The van der Waals surface area contributed by atoms with Crippen LogP contribution in [0.1, 0.15) is 43.4 Å². The summed E-state index contributed by atoms with van der Waals surface area (Å²) in [5, 5.41) is 4.61. The van der Waals surface area contributed by atoms with Crippen LogP contribution in [0.3, 0.4) is 0 Å². The molecule has 1 saturated heterocycles. The van der Waals surface area contributed by atoms with Crippen molar-refractivity contribution in [2.45, 2.75) is 51.1 Å². The van der Waals surface area contributed by atoms with Crippen LogP contribution in [0, 0.1) is 0 Å². The fraction of sp³-hybridized carbons (Fsp3) is 0.407. The standard InChI is InChI=1S/C27H32BrClN4O2/c1-18(34)31-11-13-33-25-6-2-5-24(29)23(25)16-26(33)20-4-3-12-32(17-20)27(35)15-22(30)14-19-7-9-21(28)10-8-19/h2,5-10,16,20,22H,3-4,11-15,17,30H2,1H3,(H,31,34). The Morgan fingerprint density at radius 2 is 2.00 bits per heavy atom. The van der Waals surface area contributed by atoms with E-state index in [9.17, 15) is 9.59 Å². The third kappa shape index (κ3) is 6.46. The van der Waals surface area contributed by atoms with Crippen molar-refractivity contribution in [3.8, 4) is 0 Å². The van der Waals surface area contributed by atoms with Crippen LogP contribution in [0.2, 0.25) is 5.02 Å². The number of hydrogen-bond acceptors (Lipinski definition) is 3. The maximum Gasteiger partial charge on any atom is 0.224 e. The predicted molar refractivity (Wildman–Crippen MR) is 145 cm³/mol. The number of nitrogens with zero attached hydrogens (tertiary/aromatic N) is 2. The van der Waals surface area contributed by atoms with Crippen molar-refractivity contribution in [3.05, 3.63) is 69.3 Å². The Hall–Kier alpha value is -2.35. The zero-order chi connectivity index (χ0) is 24.9. The highest BCUT2D eigenvalue weighted by atomic mass is 79.9. The molecule has 1 aliphatic heterocycles. The highest BCUT2D eigenvalue weighted by Crippen LogP contribution is 2.34.